The molecule has 0 aromatic heterocycles. The second-order valence-electron chi connectivity index (χ2n) is 5.08. The molecule has 0 bridgehead atoms. The molecule has 1 aromatic carbocycles. The first-order valence-corrected chi connectivity index (χ1v) is 6.03. The van der Waals surface area contributed by atoms with E-state index in [0.717, 1.165) is 18.7 Å². The summed E-state index contributed by atoms with van der Waals surface area (Å²) in [7, 11) is 4.27. The SMILES string of the molecule is CC1CN(c2cccc(C#N)c2)CC1N(C)C. The zero-order valence-corrected chi connectivity index (χ0v) is 10.7. The van der Waals surface area contributed by atoms with Gasteiger partial charge in [0.15, 0.2) is 0 Å². The molecule has 1 fully saturated rings. The van der Waals surface area contributed by atoms with Crippen LogP contribution in [0.3, 0.4) is 0 Å². The van der Waals surface area contributed by atoms with Crippen molar-refractivity contribution in [2.24, 2.45) is 5.92 Å². The zero-order valence-electron chi connectivity index (χ0n) is 10.7. The van der Waals surface area contributed by atoms with Crippen LogP contribution in [0.15, 0.2) is 24.3 Å². The molecule has 3 nitrogen and oxygen atoms in total. The van der Waals surface area contributed by atoms with Gasteiger partial charge in [-0.2, -0.15) is 5.26 Å². The molecule has 90 valence electrons. The molecule has 1 aliphatic rings. The fraction of sp³-hybridized carbons (Fsp3) is 0.500. The molecule has 0 saturated carbocycles. The summed E-state index contributed by atoms with van der Waals surface area (Å²) in [6, 6.07) is 10.7. The first-order valence-electron chi connectivity index (χ1n) is 6.03. The molecule has 2 rings (SSSR count). The zero-order chi connectivity index (χ0) is 12.4. The molecule has 0 radical (unpaired) electrons. The fourth-order valence-corrected chi connectivity index (χ4v) is 2.60. The quantitative estimate of drug-likeness (QED) is 0.776. The van der Waals surface area contributed by atoms with E-state index in [2.05, 4.69) is 43.0 Å². The Hall–Kier alpha value is -1.53. The average molecular weight is 229 g/mol. The monoisotopic (exact) mass is 229 g/mol. The standard InChI is InChI=1S/C14H19N3/c1-11-9-17(10-14(11)16(2)3)13-6-4-5-12(7-13)8-15/h4-7,11,14H,9-10H2,1-3H3. The second-order valence-corrected chi connectivity index (χ2v) is 5.08. The number of likely N-dealkylation sites (N-methyl/N-ethyl adjacent to an activating group) is 1. The minimum absolute atomic E-state index is 0.598. The number of nitriles is 1. The summed E-state index contributed by atoms with van der Waals surface area (Å²) >= 11 is 0. The number of rotatable bonds is 2. The summed E-state index contributed by atoms with van der Waals surface area (Å²) < 4.78 is 0. The molecule has 1 heterocycles. The summed E-state index contributed by atoms with van der Waals surface area (Å²) in [6.45, 7) is 4.40. The second kappa shape index (κ2) is 4.77. The van der Waals surface area contributed by atoms with Gasteiger partial charge in [-0.1, -0.05) is 13.0 Å². The number of anilines is 1. The van der Waals surface area contributed by atoms with E-state index in [-0.39, 0.29) is 0 Å². The van der Waals surface area contributed by atoms with Crippen LogP contribution >= 0.6 is 0 Å². The average Bonchev–Trinajstić information content (AvgIpc) is 2.71. The predicted octanol–water partition coefficient (Wildman–Crippen LogP) is 1.94. The van der Waals surface area contributed by atoms with E-state index in [1.165, 1.54) is 5.69 Å². The third-order valence-corrected chi connectivity index (χ3v) is 3.58. The van der Waals surface area contributed by atoms with E-state index in [0.29, 0.717) is 12.0 Å². The van der Waals surface area contributed by atoms with Crippen molar-refractivity contribution in [3.8, 4) is 6.07 Å². The predicted molar refractivity (Wildman–Crippen MR) is 70.0 cm³/mol. The van der Waals surface area contributed by atoms with Crippen LogP contribution in [-0.4, -0.2) is 38.1 Å². The van der Waals surface area contributed by atoms with Gasteiger partial charge < -0.3 is 9.80 Å². The molecule has 1 aliphatic heterocycles. The fourth-order valence-electron chi connectivity index (χ4n) is 2.60. The maximum Gasteiger partial charge on any atom is 0.0992 e. The molecular formula is C14H19N3. The van der Waals surface area contributed by atoms with E-state index < -0.39 is 0 Å². The van der Waals surface area contributed by atoms with Crippen LogP contribution in [0.4, 0.5) is 5.69 Å². The van der Waals surface area contributed by atoms with Crippen LogP contribution in [0.1, 0.15) is 12.5 Å². The number of hydrogen-bond donors (Lipinski definition) is 0. The lowest BCUT2D eigenvalue weighted by molar-refractivity contribution is 0.266. The van der Waals surface area contributed by atoms with E-state index in [4.69, 9.17) is 5.26 Å². The van der Waals surface area contributed by atoms with E-state index >= 15 is 0 Å². The Morgan fingerprint density at radius 1 is 1.35 bits per heavy atom. The molecule has 1 saturated heterocycles. The Morgan fingerprint density at radius 3 is 2.71 bits per heavy atom. The van der Waals surface area contributed by atoms with Gasteiger partial charge in [-0.15, -0.1) is 0 Å². The molecule has 3 heteroatoms. The molecule has 17 heavy (non-hydrogen) atoms. The van der Waals surface area contributed by atoms with Gasteiger partial charge in [0.2, 0.25) is 0 Å². The van der Waals surface area contributed by atoms with Crippen molar-refractivity contribution < 1.29 is 0 Å². The largest absolute Gasteiger partial charge is 0.370 e. The minimum Gasteiger partial charge on any atom is -0.370 e. The van der Waals surface area contributed by atoms with Crippen molar-refractivity contribution in [3.63, 3.8) is 0 Å². The van der Waals surface area contributed by atoms with E-state index in [1.54, 1.807) is 0 Å². The van der Waals surface area contributed by atoms with E-state index in [1.807, 2.05) is 18.2 Å². The molecule has 0 aliphatic carbocycles. The summed E-state index contributed by atoms with van der Waals surface area (Å²) in [5.41, 5.74) is 1.91. The summed E-state index contributed by atoms with van der Waals surface area (Å²) in [4.78, 5) is 4.66. The van der Waals surface area contributed by atoms with Crippen LogP contribution < -0.4 is 4.90 Å². The first-order chi connectivity index (χ1) is 8.11. The highest BCUT2D eigenvalue weighted by atomic mass is 15.2. The summed E-state index contributed by atoms with van der Waals surface area (Å²) in [5, 5.41) is 8.92. The minimum atomic E-state index is 0.598. The van der Waals surface area contributed by atoms with Gasteiger partial charge in [-0.3, -0.25) is 0 Å². The van der Waals surface area contributed by atoms with Gasteiger partial charge in [-0.05, 0) is 38.2 Å². The van der Waals surface area contributed by atoms with E-state index in [9.17, 15) is 0 Å². The lowest BCUT2D eigenvalue weighted by atomic mass is 10.1. The summed E-state index contributed by atoms with van der Waals surface area (Å²) in [6.07, 6.45) is 0. The topological polar surface area (TPSA) is 30.3 Å². The maximum atomic E-state index is 8.92. The van der Waals surface area contributed by atoms with Crippen LogP contribution in [0.25, 0.3) is 0 Å². The number of benzene rings is 1. The molecule has 0 spiro atoms. The number of nitrogens with zero attached hydrogens (tertiary/aromatic N) is 3. The smallest absolute Gasteiger partial charge is 0.0992 e. The highest BCUT2D eigenvalue weighted by Crippen LogP contribution is 2.26. The van der Waals surface area contributed by atoms with Crippen molar-refractivity contribution in [2.45, 2.75) is 13.0 Å². The van der Waals surface area contributed by atoms with Crippen molar-refractivity contribution in [3.05, 3.63) is 29.8 Å². The Labute approximate surface area is 103 Å². The third kappa shape index (κ3) is 2.42. The maximum absolute atomic E-state index is 8.92. The number of hydrogen-bond acceptors (Lipinski definition) is 3. The highest BCUT2D eigenvalue weighted by Gasteiger charge is 2.30. The molecule has 0 amide bonds. The van der Waals surface area contributed by atoms with Gasteiger partial charge in [0, 0.05) is 24.8 Å². The van der Waals surface area contributed by atoms with Crippen LogP contribution in [-0.2, 0) is 0 Å². The third-order valence-electron chi connectivity index (χ3n) is 3.58. The van der Waals surface area contributed by atoms with Gasteiger partial charge >= 0.3 is 0 Å². The Bertz CT molecular complexity index is 433. The van der Waals surface area contributed by atoms with Gasteiger partial charge in [0.25, 0.3) is 0 Å². The lowest BCUT2D eigenvalue weighted by Crippen LogP contribution is -2.34. The van der Waals surface area contributed by atoms with Crippen LogP contribution in [0.2, 0.25) is 0 Å². The van der Waals surface area contributed by atoms with Crippen molar-refractivity contribution in [1.82, 2.24) is 4.90 Å². The van der Waals surface area contributed by atoms with Crippen molar-refractivity contribution in [2.75, 3.05) is 32.1 Å². The highest BCUT2D eigenvalue weighted by molar-refractivity contribution is 5.52. The van der Waals surface area contributed by atoms with Crippen molar-refractivity contribution in [1.29, 1.82) is 5.26 Å². The van der Waals surface area contributed by atoms with Crippen molar-refractivity contribution >= 4 is 5.69 Å². The molecule has 1 aromatic rings. The first kappa shape index (κ1) is 11.9. The molecular weight excluding hydrogens is 210 g/mol. The Morgan fingerprint density at radius 2 is 2.12 bits per heavy atom. The molecule has 2 atom stereocenters. The van der Waals surface area contributed by atoms with Crippen LogP contribution in [0, 0.1) is 17.2 Å². The molecule has 2 unspecified atom stereocenters. The Balaban J connectivity index is 2.17. The van der Waals surface area contributed by atoms with Gasteiger partial charge in [0.1, 0.15) is 0 Å². The summed E-state index contributed by atoms with van der Waals surface area (Å²) in [5.74, 6) is 0.663. The van der Waals surface area contributed by atoms with Gasteiger partial charge in [0.05, 0.1) is 11.6 Å². The lowest BCUT2D eigenvalue weighted by Gasteiger charge is -2.23. The normalized spacial score (nSPS) is 24.1. The van der Waals surface area contributed by atoms with Gasteiger partial charge in [-0.25, -0.2) is 0 Å². The Kier molecular flexibility index (Phi) is 3.35. The molecule has 0 N–H and O–H groups in total. The van der Waals surface area contributed by atoms with Crippen LogP contribution in [0.5, 0.6) is 0 Å².